The van der Waals surface area contributed by atoms with Gasteiger partial charge in [0.25, 0.3) is 5.88 Å². The Balaban J connectivity index is 1.30. The Morgan fingerprint density at radius 1 is 0.967 bits per heavy atom. The summed E-state index contributed by atoms with van der Waals surface area (Å²) in [5, 5.41) is 22.3. The predicted octanol–water partition coefficient (Wildman–Crippen LogP) is 2.69. The quantitative estimate of drug-likeness (QED) is 0.668. The smallest absolute Gasteiger partial charge is 0.252 e. The fraction of sp³-hybridized carbons (Fsp3) is 0.364. The lowest BCUT2D eigenvalue weighted by Crippen LogP contribution is -2.19. The van der Waals surface area contributed by atoms with E-state index in [0.29, 0.717) is 35.0 Å². The van der Waals surface area contributed by atoms with Gasteiger partial charge in [-0.15, -0.1) is 10.2 Å². The number of nitrogens with zero attached hydrogens (tertiary/aromatic N) is 4. The van der Waals surface area contributed by atoms with Crippen LogP contribution in [0.4, 0.5) is 0 Å². The zero-order chi connectivity index (χ0) is 20.5. The molecule has 0 bridgehead atoms. The third kappa shape index (κ3) is 3.66. The summed E-state index contributed by atoms with van der Waals surface area (Å²) in [5.74, 6) is 2.77. The van der Waals surface area contributed by atoms with E-state index < -0.39 is 0 Å². The Bertz CT molecular complexity index is 1030. The number of nitrogens with one attached hydrogen (secondary N) is 1. The van der Waals surface area contributed by atoms with Crippen LogP contribution in [0, 0.1) is 11.8 Å². The second-order valence-electron chi connectivity index (χ2n) is 7.83. The van der Waals surface area contributed by atoms with Crippen LogP contribution in [0.5, 0.6) is 17.5 Å². The molecule has 8 heteroatoms. The van der Waals surface area contributed by atoms with Crippen molar-refractivity contribution < 1.29 is 14.6 Å². The van der Waals surface area contributed by atoms with Gasteiger partial charge in [-0.25, -0.2) is 9.97 Å². The van der Waals surface area contributed by atoms with E-state index in [0.717, 1.165) is 37.1 Å². The molecule has 8 nitrogen and oxygen atoms in total. The Morgan fingerprint density at radius 2 is 1.77 bits per heavy atom. The molecule has 2 N–H and O–H groups in total. The third-order valence-corrected chi connectivity index (χ3v) is 5.95. The number of phenolic OH excluding ortho intramolecular Hbond substituents is 1. The number of aromatic nitrogens is 4. The van der Waals surface area contributed by atoms with Crippen molar-refractivity contribution in [3.05, 3.63) is 42.7 Å². The maximum atomic E-state index is 10.5. The van der Waals surface area contributed by atoms with Gasteiger partial charge < -0.3 is 19.9 Å². The maximum absolute atomic E-state index is 10.5. The summed E-state index contributed by atoms with van der Waals surface area (Å²) < 4.78 is 11.2. The van der Waals surface area contributed by atoms with Crippen LogP contribution < -0.4 is 14.8 Å². The number of benzene rings is 1. The lowest BCUT2D eigenvalue weighted by atomic mass is 10.0. The van der Waals surface area contributed by atoms with E-state index in [2.05, 4.69) is 25.5 Å². The Hall–Kier alpha value is -3.26. The molecule has 3 atom stereocenters. The Labute approximate surface area is 174 Å². The van der Waals surface area contributed by atoms with Gasteiger partial charge in [-0.2, -0.15) is 0 Å². The van der Waals surface area contributed by atoms with Crippen LogP contribution in [0.2, 0.25) is 0 Å². The minimum absolute atomic E-state index is 0.0786. The first-order valence-electron chi connectivity index (χ1n) is 10.1. The van der Waals surface area contributed by atoms with E-state index >= 15 is 0 Å². The number of ether oxygens (including phenoxy) is 2. The van der Waals surface area contributed by atoms with Crippen LogP contribution in [0.3, 0.4) is 0 Å². The molecule has 2 aliphatic rings. The highest BCUT2D eigenvalue weighted by Crippen LogP contribution is 2.36. The molecule has 1 saturated heterocycles. The van der Waals surface area contributed by atoms with Gasteiger partial charge in [0.05, 0.1) is 18.9 Å². The zero-order valence-electron chi connectivity index (χ0n) is 16.7. The van der Waals surface area contributed by atoms with Crippen LogP contribution in [0.1, 0.15) is 12.8 Å². The third-order valence-electron chi connectivity index (χ3n) is 5.95. The van der Waals surface area contributed by atoms with Gasteiger partial charge in [0.2, 0.25) is 5.88 Å². The van der Waals surface area contributed by atoms with Crippen molar-refractivity contribution in [2.24, 2.45) is 11.8 Å². The fourth-order valence-electron chi connectivity index (χ4n) is 4.42. The van der Waals surface area contributed by atoms with Crippen molar-refractivity contribution in [3.8, 4) is 40.0 Å². The van der Waals surface area contributed by atoms with Gasteiger partial charge >= 0.3 is 0 Å². The van der Waals surface area contributed by atoms with Crippen molar-refractivity contribution >= 4 is 0 Å². The van der Waals surface area contributed by atoms with Gasteiger partial charge in [0, 0.05) is 12.3 Å². The normalized spacial score (nSPS) is 22.6. The molecule has 2 aromatic heterocycles. The van der Waals surface area contributed by atoms with Crippen molar-refractivity contribution in [1.82, 2.24) is 25.5 Å². The molecule has 0 unspecified atom stereocenters. The lowest BCUT2D eigenvalue weighted by molar-refractivity contribution is 0.188. The highest BCUT2D eigenvalue weighted by atomic mass is 16.5. The second kappa shape index (κ2) is 7.87. The Kier molecular flexibility index (Phi) is 4.92. The molecule has 1 aliphatic heterocycles. The summed E-state index contributed by atoms with van der Waals surface area (Å²) in [5.41, 5.74) is 2.24. The molecule has 0 spiro atoms. The lowest BCUT2D eigenvalue weighted by Gasteiger charge is -2.13. The maximum Gasteiger partial charge on any atom is 0.252 e. The summed E-state index contributed by atoms with van der Waals surface area (Å²) in [6.45, 7) is 2.16. The molecule has 2 fully saturated rings. The van der Waals surface area contributed by atoms with E-state index in [-0.39, 0.29) is 11.9 Å². The number of fused-ring (bicyclic) bond motifs is 1. The molecule has 1 aliphatic carbocycles. The molecule has 3 aromatic rings. The average molecular weight is 405 g/mol. The highest BCUT2D eigenvalue weighted by Gasteiger charge is 2.38. The topological polar surface area (TPSA) is 102 Å². The summed E-state index contributed by atoms with van der Waals surface area (Å²) in [6, 6.07) is 9.01. The molecule has 1 aromatic carbocycles. The average Bonchev–Trinajstić information content (AvgIpc) is 3.36. The van der Waals surface area contributed by atoms with Gasteiger partial charge in [0.15, 0.2) is 5.82 Å². The predicted molar refractivity (Wildman–Crippen MR) is 110 cm³/mol. The number of rotatable bonds is 5. The summed E-state index contributed by atoms with van der Waals surface area (Å²) in [7, 11) is 1.57. The van der Waals surface area contributed by atoms with E-state index in [1.165, 1.54) is 0 Å². The molecule has 1 saturated carbocycles. The zero-order valence-corrected chi connectivity index (χ0v) is 16.7. The van der Waals surface area contributed by atoms with Gasteiger partial charge in [0.1, 0.15) is 11.9 Å². The number of methoxy groups -OCH3 is 1. The van der Waals surface area contributed by atoms with Crippen molar-refractivity contribution in [2.75, 3.05) is 20.2 Å². The molecule has 5 rings (SSSR count). The summed E-state index contributed by atoms with van der Waals surface area (Å²) in [6.07, 6.45) is 5.51. The van der Waals surface area contributed by atoms with Crippen molar-refractivity contribution in [1.29, 1.82) is 0 Å². The highest BCUT2D eigenvalue weighted by molar-refractivity contribution is 5.73. The second-order valence-corrected chi connectivity index (χ2v) is 7.83. The number of aromatic hydroxyl groups is 1. The Morgan fingerprint density at radius 3 is 2.47 bits per heavy atom. The van der Waals surface area contributed by atoms with Gasteiger partial charge in [-0.1, -0.05) is 6.07 Å². The molecule has 154 valence electrons. The number of hydrogen-bond donors (Lipinski definition) is 2. The van der Waals surface area contributed by atoms with Crippen molar-refractivity contribution in [2.45, 2.75) is 18.9 Å². The van der Waals surface area contributed by atoms with Crippen LogP contribution >= 0.6 is 0 Å². The monoisotopic (exact) mass is 405 g/mol. The minimum Gasteiger partial charge on any atom is -0.507 e. The molecule has 0 amide bonds. The van der Waals surface area contributed by atoms with Crippen molar-refractivity contribution in [3.63, 3.8) is 0 Å². The minimum atomic E-state index is 0.0786. The first-order valence-corrected chi connectivity index (χ1v) is 10.1. The van der Waals surface area contributed by atoms with Crippen LogP contribution in [0.15, 0.2) is 42.7 Å². The molecule has 0 radical (unpaired) electrons. The fourth-order valence-corrected chi connectivity index (χ4v) is 4.42. The molecule has 3 heterocycles. The van der Waals surface area contributed by atoms with E-state index in [4.69, 9.17) is 9.47 Å². The molecular formula is C22H23N5O3. The van der Waals surface area contributed by atoms with Gasteiger partial charge in [-0.05, 0) is 67.1 Å². The largest absolute Gasteiger partial charge is 0.507 e. The standard InChI is InChI=1S/C22H23N5O3/c1-29-20-9-14(4-5-24-20)13-2-3-18(19(28)8-13)22-25-12-21(26-27-22)30-17-6-15-10-23-11-16(15)7-17/h2-5,8-9,12,15-17,23,28H,6-7,10-11H2,1H3/t15-,16+,17-. The first kappa shape index (κ1) is 18.7. The summed E-state index contributed by atoms with van der Waals surface area (Å²) in [4.78, 5) is 8.46. The van der Waals surface area contributed by atoms with Crippen LogP contribution in [0.25, 0.3) is 22.5 Å². The summed E-state index contributed by atoms with van der Waals surface area (Å²) >= 11 is 0. The van der Waals surface area contributed by atoms with Crippen LogP contribution in [-0.4, -0.2) is 51.6 Å². The first-order chi connectivity index (χ1) is 14.7. The molecular weight excluding hydrogens is 382 g/mol. The molecule has 30 heavy (non-hydrogen) atoms. The van der Waals surface area contributed by atoms with Crippen LogP contribution in [-0.2, 0) is 0 Å². The van der Waals surface area contributed by atoms with E-state index in [1.54, 1.807) is 31.6 Å². The van der Waals surface area contributed by atoms with E-state index in [9.17, 15) is 5.11 Å². The number of phenols is 1. The number of hydrogen-bond acceptors (Lipinski definition) is 8. The van der Waals surface area contributed by atoms with E-state index in [1.807, 2.05) is 18.2 Å². The SMILES string of the molecule is COc1cc(-c2ccc(-c3ncc(O[C@H]4C[C@H]5CNC[C@H]5C4)nn3)c(O)c2)ccn1. The van der Waals surface area contributed by atoms with Gasteiger partial charge in [-0.3, -0.25) is 0 Å². The number of pyridine rings is 1.